The van der Waals surface area contributed by atoms with Crippen molar-refractivity contribution in [1.29, 1.82) is 0 Å². The molecule has 0 spiro atoms. The number of ether oxygens (including phenoxy) is 1. The lowest BCUT2D eigenvalue weighted by Crippen LogP contribution is -2.22. The van der Waals surface area contributed by atoms with Gasteiger partial charge in [-0.2, -0.15) is 0 Å². The topological polar surface area (TPSA) is 47.0 Å². The summed E-state index contributed by atoms with van der Waals surface area (Å²) in [5.41, 5.74) is 2.02. The Morgan fingerprint density at radius 2 is 2.12 bits per heavy atom. The zero-order chi connectivity index (χ0) is 11.8. The molecule has 0 aliphatic heterocycles. The summed E-state index contributed by atoms with van der Waals surface area (Å²) in [6.07, 6.45) is 4.48. The number of hydrogen-bond donors (Lipinski definition) is 1. The van der Waals surface area contributed by atoms with E-state index in [4.69, 9.17) is 4.74 Å². The average molecular weight is 223 g/mol. The second-order valence-corrected chi connectivity index (χ2v) is 3.75. The zero-order valence-electron chi connectivity index (χ0n) is 10.4. The van der Waals surface area contributed by atoms with Crippen molar-refractivity contribution in [3.63, 3.8) is 0 Å². The van der Waals surface area contributed by atoms with Crippen molar-refractivity contribution >= 4 is 0 Å². The summed E-state index contributed by atoms with van der Waals surface area (Å²) in [7, 11) is 0. The fourth-order valence-electron chi connectivity index (χ4n) is 1.58. The number of aromatic nitrogens is 2. The molecule has 16 heavy (non-hydrogen) atoms. The molecule has 1 aromatic rings. The predicted molar refractivity (Wildman–Crippen MR) is 64.3 cm³/mol. The minimum Gasteiger partial charge on any atom is -0.382 e. The summed E-state index contributed by atoms with van der Waals surface area (Å²) < 4.78 is 5.28. The molecule has 0 aliphatic rings. The Hall–Kier alpha value is -1.00. The molecule has 1 aromatic heterocycles. The minimum atomic E-state index is 0.246. The summed E-state index contributed by atoms with van der Waals surface area (Å²) >= 11 is 0. The quantitative estimate of drug-likeness (QED) is 0.717. The van der Waals surface area contributed by atoms with Gasteiger partial charge in [-0.3, -0.25) is 9.97 Å². The molecule has 0 fully saturated rings. The van der Waals surface area contributed by atoms with Crippen molar-refractivity contribution in [3.05, 3.63) is 23.8 Å². The van der Waals surface area contributed by atoms with Gasteiger partial charge in [-0.1, -0.05) is 0 Å². The minimum absolute atomic E-state index is 0.246. The zero-order valence-corrected chi connectivity index (χ0v) is 10.4. The van der Waals surface area contributed by atoms with E-state index in [-0.39, 0.29) is 6.04 Å². The van der Waals surface area contributed by atoms with E-state index in [1.165, 1.54) is 0 Å². The van der Waals surface area contributed by atoms with Crippen LogP contribution in [-0.2, 0) is 4.74 Å². The number of nitrogens with zero attached hydrogens (tertiary/aromatic N) is 2. The fraction of sp³-hybridized carbons (Fsp3) is 0.667. The van der Waals surface area contributed by atoms with Crippen LogP contribution in [0.25, 0.3) is 0 Å². The Morgan fingerprint density at radius 1 is 1.38 bits per heavy atom. The molecule has 4 nitrogen and oxygen atoms in total. The van der Waals surface area contributed by atoms with Crippen LogP contribution >= 0.6 is 0 Å². The van der Waals surface area contributed by atoms with Crippen molar-refractivity contribution in [2.45, 2.75) is 33.2 Å². The van der Waals surface area contributed by atoms with E-state index in [1.54, 1.807) is 12.4 Å². The van der Waals surface area contributed by atoms with Crippen LogP contribution in [0, 0.1) is 6.92 Å². The second-order valence-electron chi connectivity index (χ2n) is 3.75. The Labute approximate surface area is 97.5 Å². The highest BCUT2D eigenvalue weighted by atomic mass is 16.5. The van der Waals surface area contributed by atoms with Crippen LogP contribution < -0.4 is 5.32 Å². The van der Waals surface area contributed by atoms with Crippen molar-refractivity contribution < 1.29 is 4.74 Å². The maximum absolute atomic E-state index is 5.28. The third kappa shape index (κ3) is 4.24. The molecule has 0 aromatic carbocycles. The highest BCUT2D eigenvalue weighted by molar-refractivity contribution is 5.12. The molecular weight excluding hydrogens is 202 g/mol. The first kappa shape index (κ1) is 13.1. The van der Waals surface area contributed by atoms with Crippen LogP contribution in [0.15, 0.2) is 12.4 Å². The highest BCUT2D eigenvalue weighted by Crippen LogP contribution is 2.11. The van der Waals surface area contributed by atoms with E-state index in [0.717, 1.165) is 37.6 Å². The monoisotopic (exact) mass is 223 g/mol. The van der Waals surface area contributed by atoms with Crippen molar-refractivity contribution in [1.82, 2.24) is 15.3 Å². The summed E-state index contributed by atoms with van der Waals surface area (Å²) in [4.78, 5) is 8.57. The molecule has 1 N–H and O–H groups in total. The molecular formula is C12H21N3O. The normalized spacial score (nSPS) is 12.7. The predicted octanol–water partition coefficient (Wildman–Crippen LogP) is 1.86. The van der Waals surface area contributed by atoms with Gasteiger partial charge in [-0.15, -0.1) is 0 Å². The molecule has 0 saturated heterocycles. The fourth-order valence-corrected chi connectivity index (χ4v) is 1.58. The summed E-state index contributed by atoms with van der Waals surface area (Å²) in [6.45, 7) is 8.66. The number of aryl methyl sites for hydroxylation is 1. The van der Waals surface area contributed by atoms with E-state index < -0.39 is 0 Å². The smallest absolute Gasteiger partial charge is 0.0782 e. The molecule has 1 unspecified atom stereocenters. The molecule has 0 saturated carbocycles. The van der Waals surface area contributed by atoms with Crippen molar-refractivity contribution in [2.75, 3.05) is 19.8 Å². The van der Waals surface area contributed by atoms with E-state index in [2.05, 4.69) is 22.2 Å². The highest BCUT2D eigenvalue weighted by Gasteiger charge is 2.08. The molecule has 1 rings (SSSR count). The van der Waals surface area contributed by atoms with Crippen LogP contribution in [0.5, 0.6) is 0 Å². The maximum Gasteiger partial charge on any atom is 0.0782 e. The van der Waals surface area contributed by atoms with Crippen LogP contribution in [-0.4, -0.2) is 29.7 Å². The average Bonchev–Trinajstić information content (AvgIpc) is 2.29. The Morgan fingerprint density at radius 3 is 2.81 bits per heavy atom. The third-order valence-electron chi connectivity index (χ3n) is 2.45. The van der Waals surface area contributed by atoms with Gasteiger partial charge < -0.3 is 10.1 Å². The van der Waals surface area contributed by atoms with E-state index in [1.807, 2.05) is 13.8 Å². The van der Waals surface area contributed by atoms with Crippen LogP contribution in [0.1, 0.15) is 37.7 Å². The molecule has 0 radical (unpaired) electrons. The van der Waals surface area contributed by atoms with Gasteiger partial charge in [-0.05, 0) is 33.7 Å². The first-order valence-electron chi connectivity index (χ1n) is 5.84. The number of rotatable bonds is 7. The lowest BCUT2D eigenvalue weighted by atomic mass is 10.2. The Bertz CT molecular complexity index is 304. The summed E-state index contributed by atoms with van der Waals surface area (Å²) in [6, 6.07) is 0.246. The van der Waals surface area contributed by atoms with Gasteiger partial charge >= 0.3 is 0 Å². The Kier molecular flexibility index (Phi) is 5.96. The lowest BCUT2D eigenvalue weighted by molar-refractivity contribution is 0.144. The van der Waals surface area contributed by atoms with Gasteiger partial charge in [0.1, 0.15) is 0 Å². The third-order valence-corrected chi connectivity index (χ3v) is 2.45. The van der Waals surface area contributed by atoms with Crippen LogP contribution in [0.4, 0.5) is 0 Å². The van der Waals surface area contributed by atoms with Crippen molar-refractivity contribution in [2.24, 2.45) is 0 Å². The van der Waals surface area contributed by atoms with Gasteiger partial charge in [-0.25, -0.2) is 0 Å². The molecule has 90 valence electrons. The summed E-state index contributed by atoms with van der Waals surface area (Å²) in [5, 5.41) is 3.42. The largest absolute Gasteiger partial charge is 0.382 e. The molecule has 1 atom stereocenters. The molecule has 0 aliphatic carbocycles. The molecule has 0 bridgehead atoms. The lowest BCUT2D eigenvalue weighted by Gasteiger charge is -2.14. The number of nitrogens with one attached hydrogen (secondary N) is 1. The number of hydrogen-bond acceptors (Lipinski definition) is 4. The van der Waals surface area contributed by atoms with Crippen molar-refractivity contribution in [3.8, 4) is 0 Å². The van der Waals surface area contributed by atoms with E-state index >= 15 is 0 Å². The molecule has 4 heteroatoms. The van der Waals surface area contributed by atoms with Crippen LogP contribution in [0.3, 0.4) is 0 Å². The van der Waals surface area contributed by atoms with Gasteiger partial charge in [0.05, 0.1) is 11.4 Å². The first-order valence-corrected chi connectivity index (χ1v) is 5.84. The van der Waals surface area contributed by atoms with Gasteiger partial charge in [0.2, 0.25) is 0 Å². The molecule has 1 heterocycles. The van der Waals surface area contributed by atoms with Gasteiger partial charge in [0, 0.05) is 31.6 Å². The molecule has 0 amide bonds. The first-order chi connectivity index (χ1) is 7.75. The van der Waals surface area contributed by atoms with Crippen LogP contribution in [0.2, 0.25) is 0 Å². The summed E-state index contributed by atoms with van der Waals surface area (Å²) in [5.74, 6) is 0. The van der Waals surface area contributed by atoms with Gasteiger partial charge in [0.25, 0.3) is 0 Å². The van der Waals surface area contributed by atoms with E-state index in [0.29, 0.717) is 0 Å². The maximum atomic E-state index is 5.28. The van der Waals surface area contributed by atoms with E-state index in [9.17, 15) is 0 Å². The van der Waals surface area contributed by atoms with Gasteiger partial charge in [0.15, 0.2) is 0 Å². The standard InChI is InChI=1S/C12H21N3O/c1-4-16-9-5-6-13-10(2)12-11(3)14-7-8-15-12/h7-8,10,13H,4-6,9H2,1-3H3. The SMILES string of the molecule is CCOCCCNC(C)c1nccnc1C. The second kappa shape index (κ2) is 7.30. The Balaban J connectivity index is 2.30.